The molecule has 0 aromatic heterocycles. The zero-order valence-corrected chi connectivity index (χ0v) is 26.2. The van der Waals surface area contributed by atoms with Crippen molar-refractivity contribution >= 4 is 23.5 Å². The zero-order chi connectivity index (χ0) is 29.6. The van der Waals surface area contributed by atoms with E-state index in [1.54, 1.807) is 25.6 Å². The minimum atomic E-state index is -1.20. The number of ether oxygens (including phenoxy) is 1. The Kier molecular flexibility index (Phi) is 15.8. The van der Waals surface area contributed by atoms with Crippen LogP contribution in [-0.2, 0) is 4.79 Å². The Hall–Kier alpha value is -2.73. The highest BCUT2D eigenvalue weighted by molar-refractivity contribution is 7.98. The van der Waals surface area contributed by atoms with Crippen molar-refractivity contribution in [2.24, 2.45) is 5.92 Å². The summed E-state index contributed by atoms with van der Waals surface area (Å²) < 4.78 is 5.58. The van der Waals surface area contributed by atoms with Crippen LogP contribution in [-0.4, -0.2) is 46.7 Å². The first-order valence-electron chi connectivity index (χ1n) is 13.4. The van der Waals surface area contributed by atoms with E-state index >= 15 is 0 Å². The third-order valence-electron chi connectivity index (χ3n) is 5.95. The Morgan fingerprint density at radius 2 is 1.53 bits per heavy atom. The molecule has 0 aliphatic carbocycles. The maximum absolute atomic E-state index is 12.4. The lowest BCUT2D eigenvalue weighted by Gasteiger charge is -2.24. The number of aliphatic carboxylic acids is 1. The van der Waals surface area contributed by atoms with Gasteiger partial charge in [0, 0.05) is 35.2 Å². The first-order chi connectivity index (χ1) is 17.9. The van der Waals surface area contributed by atoms with E-state index in [-0.39, 0.29) is 11.7 Å². The average Bonchev–Trinajstić information content (AvgIpc) is 3.39. The second kappa shape index (κ2) is 17.0. The van der Waals surface area contributed by atoms with Crippen LogP contribution >= 0.6 is 11.8 Å². The van der Waals surface area contributed by atoms with Crippen LogP contribution in [0.4, 0.5) is 0 Å². The summed E-state index contributed by atoms with van der Waals surface area (Å²) in [5.41, 5.74) is 3.77. The van der Waals surface area contributed by atoms with Crippen LogP contribution < -0.4 is 4.74 Å². The van der Waals surface area contributed by atoms with Gasteiger partial charge in [0.15, 0.2) is 11.4 Å². The molecule has 212 valence electrons. The van der Waals surface area contributed by atoms with E-state index < -0.39 is 11.6 Å². The fourth-order valence-corrected chi connectivity index (χ4v) is 4.35. The van der Waals surface area contributed by atoms with Crippen molar-refractivity contribution < 1.29 is 19.4 Å². The standard InChI is InChI=1S/C15H19NOS.C13H18O3.2C2H6/c1-11(2)16-9-8-13(10-16)15(17)12-4-6-14(18-3)7-5-12;1-8-6-9(2)11(10(3)7-8)16-13(4,5)12(14)15;2*1-2/h4-7,13H,1,8-10H2,2-3H3;6-7H,1-5H3,(H,14,15);2*1-2H3. The Balaban J connectivity index is 0.000000641. The maximum Gasteiger partial charge on any atom is 0.347 e. The number of aryl methyl sites for hydroxylation is 3. The van der Waals surface area contributed by atoms with Crippen molar-refractivity contribution in [3.05, 3.63) is 70.9 Å². The molecule has 0 amide bonds. The normalized spacial score (nSPS) is 14.1. The van der Waals surface area contributed by atoms with Crippen molar-refractivity contribution in [1.82, 2.24) is 4.90 Å². The first kappa shape index (κ1) is 35.3. The molecule has 0 radical (unpaired) electrons. The Morgan fingerprint density at radius 3 is 1.92 bits per heavy atom. The van der Waals surface area contributed by atoms with Gasteiger partial charge in [0.2, 0.25) is 0 Å². The molecule has 3 rings (SSSR count). The van der Waals surface area contributed by atoms with E-state index in [4.69, 9.17) is 9.84 Å². The van der Waals surface area contributed by atoms with Gasteiger partial charge in [-0.3, -0.25) is 4.79 Å². The summed E-state index contributed by atoms with van der Waals surface area (Å²) >= 11 is 1.69. The van der Waals surface area contributed by atoms with Crippen LogP contribution in [0, 0.1) is 26.7 Å². The van der Waals surface area contributed by atoms with Crippen LogP contribution in [0.2, 0.25) is 0 Å². The molecule has 1 saturated heterocycles. The second-order valence-electron chi connectivity index (χ2n) is 9.41. The molecule has 1 aliphatic rings. The number of nitrogens with zero attached hydrogens (tertiary/aromatic N) is 1. The fourth-order valence-electron chi connectivity index (χ4n) is 3.94. The first-order valence-corrected chi connectivity index (χ1v) is 14.7. The number of carboxylic acid groups (broad SMARTS) is 1. The van der Waals surface area contributed by atoms with E-state index in [9.17, 15) is 9.59 Å². The van der Waals surface area contributed by atoms with Gasteiger partial charge in [-0.2, -0.15) is 0 Å². The molecule has 1 aliphatic heterocycles. The monoisotopic (exact) mass is 543 g/mol. The van der Waals surface area contributed by atoms with Crippen LogP contribution in [0.25, 0.3) is 0 Å². The molecule has 2 aromatic rings. The van der Waals surface area contributed by atoms with Crippen molar-refractivity contribution in [1.29, 1.82) is 0 Å². The van der Waals surface area contributed by atoms with Gasteiger partial charge < -0.3 is 14.7 Å². The number of hydrogen-bond donors (Lipinski definition) is 1. The minimum absolute atomic E-state index is 0.127. The largest absolute Gasteiger partial charge is 0.478 e. The quantitative estimate of drug-likeness (QED) is 0.280. The van der Waals surface area contributed by atoms with E-state index in [2.05, 4.69) is 11.5 Å². The summed E-state index contributed by atoms with van der Waals surface area (Å²) in [5.74, 6) is 0.0955. The zero-order valence-electron chi connectivity index (χ0n) is 25.4. The minimum Gasteiger partial charge on any atom is -0.478 e. The molecule has 1 N–H and O–H groups in total. The van der Waals surface area contributed by atoms with Gasteiger partial charge in [-0.25, -0.2) is 4.79 Å². The number of hydrogen-bond acceptors (Lipinski definition) is 5. The highest BCUT2D eigenvalue weighted by Gasteiger charge is 2.30. The van der Waals surface area contributed by atoms with Crippen molar-refractivity contribution in [3.8, 4) is 5.75 Å². The fraction of sp³-hybridized carbons (Fsp3) is 0.500. The number of Topliss-reactive ketones (excluding diaryl/α,β-unsaturated/α-hetero) is 1. The number of carbonyl (C=O) groups excluding carboxylic acids is 1. The molecule has 1 heterocycles. The van der Waals surface area contributed by atoms with Gasteiger partial charge in [0.1, 0.15) is 5.75 Å². The summed E-state index contributed by atoms with van der Waals surface area (Å²) in [4.78, 5) is 26.7. The van der Waals surface area contributed by atoms with Crippen LogP contribution in [0.5, 0.6) is 5.75 Å². The molecule has 0 saturated carbocycles. The van der Waals surface area contributed by atoms with Gasteiger partial charge in [0.05, 0.1) is 0 Å². The molecule has 38 heavy (non-hydrogen) atoms. The molecule has 1 unspecified atom stereocenters. The highest BCUT2D eigenvalue weighted by atomic mass is 32.2. The number of thioether (sulfide) groups is 1. The number of allylic oxidation sites excluding steroid dienone is 1. The predicted molar refractivity (Wildman–Crippen MR) is 163 cm³/mol. The molecule has 1 atom stereocenters. The Morgan fingerprint density at radius 1 is 1.03 bits per heavy atom. The topological polar surface area (TPSA) is 66.8 Å². The van der Waals surface area contributed by atoms with Gasteiger partial charge in [-0.1, -0.05) is 64.1 Å². The summed E-state index contributed by atoms with van der Waals surface area (Å²) in [7, 11) is 0. The van der Waals surface area contributed by atoms with Crippen LogP contribution in [0.1, 0.15) is 81.9 Å². The van der Waals surface area contributed by atoms with Gasteiger partial charge in [-0.05, 0) is 77.5 Å². The second-order valence-corrected chi connectivity index (χ2v) is 10.3. The number of rotatable bonds is 7. The summed E-state index contributed by atoms with van der Waals surface area (Å²) in [5, 5.41) is 9.01. The van der Waals surface area contributed by atoms with Crippen molar-refractivity contribution in [2.75, 3.05) is 19.3 Å². The summed E-state index contributed by atoms with van der Waals surface area (Å²) in [6.45, 7) is 24.7. The van der Waals surface area contributed by atoms with Crippen molar-refractivity contribution in [2.45, 2.75) is 86.2 Å². The lowest BCUT2D eigenvalue weighted by molar-refractivity contribution is -0.152. The van der Waals surface area contributed by atoms with Crippen molar-refractivity contribution in [3.63, 3.8) is 0 Å². The highest BCUT2D eigenvalue weighted by Crippen LogP contribution is 2.28. The molecular weight excluding hydrogens is 494 g/mol. The van der Waals surface area contributed by atoms with E-state index in [0.29, 0.717) is 5.75 Å². The third kappa shape index (κ3) is 10.6. The molecule has 0 bridgehead atoms. The number of carboxylic acids is 1. The molecule has 0 spiro atoms. The molecular formula is C32H49NO4S. The average molecular weight is 544 g/mol. The van der Waals surface area contributed by atoms with Gasteiger partial charge in [-0.15, -0.1) is 11.8 Å². The third-order valence-corrected chi connectivity index (χ3v) is 6.69. The number of ketones is 1. The van der Waals surface area contributed by atoms with E-state index in [1.807, 2.05) is 98.0 Å². The lowest BCUT2D eigenvalue weighted by atomic mass is 9.97. The number of carbonyl (C=O) groups is 2. The molecule has 5 nitrogen and oxygen atoms in total. The van der Waals surface area contributed by atoms with Crippen LogP contribution in [0.15, 0.2) is 53.6 Å². The SMILES string of the molecule is C=C(C)N1CCC(C(=O)c2ccc(SC)cc2)C1.CC.CC.Cc1cc(C)c(OC(C)(C)C(=O)O)c(C)c1. The molecule has 6 heteroatoms. The smallest absolute Gasteiger partial charge is 0.347 e. The lowest BCUT2D eigenvalue weighted by Crippen LogP contribution is -2.38. The maximum atomic E-state index is 12.4. The Labute approximate surface area is 235 Å². The molecule has 1 fully saturated rings. The predicted octanol–water partition coefficient (Wildman–Crippen LogP) is 8.35. The van der Waals surface area contributed by atoms with Gasteiger partial charge in [0.25, 0.3) is 0 Å². The van der Waals surface area contributed by atoms with E-state index in [1.165, 1.54) is 4.90 Å². The summed E-state index contributed by atoms with van der Waals surface area (Å²) in [6.07, 6.45) is 2.98. The van der Waals surface area contributed by atoms with Gasteiger partial charge >= 0.3 is 5.97 Å². The van der Waals surface area contributed by atoms with E-state index in [0.717, 1.165) is 47.5 Å². The number of benzene rings is 2. The Bertz CT molecular complexity index is 1020. The number of likely N-dealkylation sites (tertiary alicyclic amines) is 1. The summed E-state index contributed by atoms with van der Waals surface area (Å²) in [6, 6.07) is 11.9. The molecule has 2 aromatic carbocycles. The van der Waals surface area contributed by atoms with Crippen LogP contribution in [0.3, 0.4) is 0 Å².